The van der Waals surface area contributed by atoms with Crippen molar-refractivity contribution < 1.29 is 0 Å². The first-order valence-corrected chi connectivity index (χ1v) is 22.8. The Balaban J connectivity index is 1.09. The number of nitrogens with zero attached hydrogens (tertiary/aromatic N) is 2. The summed E-state index contributed by atoms with van der Waals surface area (Å²) in [5.41, 5.74) is 17.8. The number of anilines is 6. The topological polar surface area (TPSA) is 6.48 Å². The summed E-state index contributed by atoms with van der Waals surface area (Å²) in [4.78, 5) is 6.23. The van der Waals surface area contributed by atoms with E-state index in [2.05, 4.69) is 252 Å². The van der Waals surface area contributed by atoms with E-state index in [0.717, 1.165) is 34.1 Å². The van der Waals surface area contributed by atoms with Crippen molar-refractivity contribution in [2.24, 2.45) is 0 Å². The Kier molecular flexibility index (Phi) is 8.34. The largest absolute Gasteiger partial charge is 0.310 e. The van der Waals surface area contributed by atoms with E-state index in [9.17, 15) is 0 Å². The molecule has 2 aliphatic rings. The van der Waals surface area contributed by atoms with E-state index in [0.29, 0.717) is 0 Å². The molecule has 0 radical (unpaired) electrons. The lowest BCUT2D eigenvalue weighted by atomic mass is 9.70. The van der Waals surface area contributed by atoms with Gasteiger partial charge in [-0.3, -0.25) is 0 Å². The van der Waals surface area contributed by atoms with Crippen LogP contribution in [-0.2, 0) is 5.41 Å². The van der Waals surface area contributed by atoms with Crippen LogP contribution in [0.3, 0.4) is 0 Å². The number of rotatable bonds is 7. The van der Waals surface area contributed by atoms with E-state index in [1.165, 1.54) is 75.8 Å². The van der Waals surface area contributed by atoms with Gasteiger partial charge in [-0.1, -0.05) is 170 Å². The quantitative estimate of drug-likeness (QED) is 0.158. The van der Waals surface area contributed by atoms with Crippen molar-refractivity contribution >= 4 is 66.3 Å². The molecule has 300 valence electrons. The first kappa shape index (κ1) is 36.7. The predicted molar refractivity (Wildman–Crippen MR) is 270 cm³/mol. The highest BCUT2D eigenvalue weighted by atomic mass is 32.1. The van der Waals surface area contributed by atoms with Gasteiger partial charge in [0.25, 0.3) is 0 Å². The van der Waals surface area contributed by atoms with Crippen LogP contribution in [0.4, 0.5) is 34.1 Å². The third kappa shape index (κ3) is 5.44. The highest BCUT2D eigenvalue weighted by molar-refractivity contribution is 7.22. The van der Waals surface area contributed by atoms with Crippen LogP contribution in [0.5, 0.6) is 0 Å². The second kappa shape index (κ2) is 14.6. The van der Waals surface area contributed by atoms with Gasteiger partial charge in [-0.25, -0.2) is 0 Å². The van der Waals surface area contributed by atoms with Crippen molar-refractivity contribution in [1.29, 1.82) is 0 Å². The van der Waals surface area contributed by atoms with Crippen molar-refractivity contribution in [2.75, 3.05) is 9.80 Å². The van der Waals surface area contributed by atoms with Gasteiger partial charge < -0.3 is 9.80 Å². The molecule has 0 fully saturated rings. The molecule has 1 atom stereocenters. The van der Waals surface area contributed by atoms with Crippen LogP contribution in [-0.4, -0.2) is 0 Å². The van der Waals surface area contributed by atoms with Crippen LogP contribution in [0.1, 0.15) is 22.3 Å². The molecule has 0 bridgehead atoms. The maximum absolute atomic E-state index is 2.52. The van der Waals surface area contributed by atoms with E-state index in [1.54, 1.807) is 0 Å². The molecule has 0 amide bonds. The maximum atomic E-state index is 2.52. The van der Waals surface area contributed by atoms with Crippen LogP contribution in [0.15, 0.2) is 243 Å². The number of hydrogen-bond donors (Lipinski definition) is 0. The monoisotopic (exact) mass is 832 g/mol. The molecular weight excluding hydrogens is 793 g/mol. The molecule has 2 aliphatic carbocycles. The number of benzene rings is 10. The zero-order valence-corrected chi connectivity index (χ0v) is 35.7. The Bertz CT molecular complexity index is 3570. The molecule has 13 rings (SSSR count). The van der Waals surface area contributed by atoms with Gasteiger partial charge in [0.15, 0.2) is 0 Å². The fraction of sp³-hybridized carbons (Fsp3) is 0.0164. The van der Waals surface area contributed by atoms with Gasteiger partial charge in [-0.05, 0) is 134 Å². The number of thiophene rings is 1. The summed E-state index contributed by atoms with van der Waals surface area (Å²) in [7, 11) is 0. The highest BCUT2D eigenvalue weighted by Gasteiger charge is 2.54. The molecule has 1 aromatic heterocycles. The Morgan fingerprint density at radius 1 is 0.328 bits per heavy atom. The minimum absolute atomic E-state index is 0.586. The van der Waals surface area contributed by atoms with Gasteiger partial charge in [0.2, 0.25) is 0 Å². The zero-order chi connectivity index (χ0) is 42.2. The molecule has 1 spiro atoms. The second-order valence-electron chi connectivity index (χ2n) is 16.8. The van der Waals surface area contributed by atoms with Crippen LogP contribution in [0, 0.1) is 0 Å². The molecule has 0 saturated carbocycles. The Morgan fingerprint density at radius 3 is 1.66 bits per heavy atom. The van der Waals surface area contributed by atoms with Crippen molar-refractivity contribution in [2.45, 2.75) is 5.41 Å². The fourth-order valence-electron chi connectivity index (χ4n) is 10.8. The lowest BCUT2D eigenvalue weighted by Gasteiger charge is -2.33. The summed E-state index contributed by atoms with van der Waals surface area (Å²) in [6.45, 7) is 0. The van der Waals surface area contributed by atoms with Gasteiger partial charge in [-0.15, -0.1) is 11.3 Å². The summed E-state index contributed by atoms with van der Waals surface area (Å²) in [5, 5.41) is 3.75. The zero-order valence-electron chi connectivity index (χ0n) is 34.9. The van der Waals surface area contributed by atoms with Crippen LogP contribution in [0.25, 0.3) is 53.6 Å². The predicted octanol–water partition coefficient (Wildman–Crippen LogP) is 17.0. The smallest absolute Gasteiger partial charge is 0.0741 e. The minimum atomic E-state index is -0.586. The third-order valence-electron chi connectivity index (χ3n) is 13.4. The Labute approximate surface area is 377 Å². The maximum Gasteiger partial charge on any atom is 0.0741 e. The SMILES string of the molecule is c1ccc(-c2cccc(N(c3ccccc3)c3ccc4c(c3)C3(c5ccccc5-4)c4cc(N(c5ccccc5)c5cccc6ccccc56)ccc4-c4sc5ccccc5c43)c2)cc1. The number of fused-ring (bicyclic) bond motifs is 13. The Hall–Kier alpha value is -7.98. The summed E-state index contributed by atoms with van der Waals surface area (Å²) < 4.78 is 1.31. The molecule has 0 N–H and O–H groups in total. The normalized spacial score (nSPS) is 14.3. The van der Waals surface area contributed by atoms with Gasteiger partial charge in [0.05, 0.1) is 11.1 Å². The molecule has 1 heterocycles. The standard InChI is InChI=1S/C61H40N2S/c1-4-18-41(19-5-1)43-22-16-27-46(38-43)62(44-23-6-2-7-24-44)47-34-36-51-50-29-12-14-31-54(50)61(55(51)39-47)56-40-48(35-37-52(56)60-59(61)53-30-13-15-33-58(53)64-60)63(45-25-8-3-9-26-45)57-32-17-21-42-20-10-11-28-49(42)57/h1-40H. The molecule has 1 unspecified atom stereocenters. The number of para-hydroxylation sites is 2. The van der Waals surface area contributed by atoms with Gasteiger partial charge in [0, 0.05) is 43.4 Å². The van der Waals surface area contributed by atoms with Crippen molar-refractivity contribution in [3.8, 4) is 32.7 Å². The second-order valence-corrected chi connectivity index (χ2v) is 17.9. The molecule has 2 nitrogen and oxygen atoms in total. The van der Waals surface area contributed by atoms with Gasteiger partial charge in [-0.2, -0.15) is 0 Å². The van der Waals surface area contributed by atoms with Crippen LogP contribution >= 0.6 is 11.3 Å². The van der Waals surface area contributed by atoms with E-state index in [-0.39, 0.29) is 0 Å². The van der Waals surface area contributed by atoms with E-state index in [4.69, 9.17) is 0 Å². The Morgan fingerprint density at radius 2 is 0.859 bits per heavy atom. The molecule has 3 heteroatoms. The summed E-state index contributed by atoms with van der Waals surface area (Å²) in [6, 6.07) is 89.4. The lowest BCUT2D eigenvalue weighted by Crippen LogP contribution is -2.26. The molecule has 64 heavy (non-hydrogen) atoms. The minimum Gasteiger partial charge on any atom is -0.310 e. The van der Waals surface area contributed by atoms with E-state index < -0.39 is 5.41 Å². The summed E-state index contributed by atoms with van der Waals surface area (Å²) in [5.74, 6) is 0. The van der Waals surface area contributed by atoms with Gasteiger partial charge >= 0.3 is 0 Å². The van der Waals surface area contributed by atoms with Crippen molar-refractivity contribution in [3.63, 3.8) is 0 Å². The van der Waals surface area contributed by atoms with Gasteiger partial charge in [0.1, 0.15) is 0 Å². The molecule has 11 aromatic rings. The first-order chi connectivity index (χ1) is 31.8. The molecule has 0 saturated heterocycles. The molecule has 0 aliphatic heterocycles. The average molecular weight is 833 g/mol. The number of hydrogen-bond acceptors (Lipinski definition) is 3. The fourth-order valence-corrected chi connectivity index (χ4v) is 12.1. The summed E-state index contributed by atoms with van der Waals surface area (Å²) >= 11 is 1.93. The molecular formula is C61H40N2S. The van der Waals surface area contributed by atoms with Crippen LogP contribution < -0.4 is 9.80 Å². The lowest BCUT2D eigenvalue weighted by molar-refractivity contribution is 0.802. The first-order valence-electron chi connectivity index (χ1n) is 22.0. The van der Waals surface area contributed by atoms with Crippen LogP contribution in [0.2, 0.25) is 0 Å². The van der Waals surface area contributed by atoms with Crippen molar-refractivity contribution in [3.05, 3.63) is 265 Å². The highest BCUT2D eigenvalue weighted by Crippen LogP contribution is 2.67. The summed E-state index contributed by atoms with van der Waals surface area (Å²) in [6.07, 6.45) is 0. The third-order valence-corrected chi connectivity index (χ3v) is 14.6. The molecule has 10 aromatic carbocycles. The average Bonchev–Trinajstić information content (AvgIpc) is 3.99. The van der Waals surface area contributed by atoms with E-state index in [1.807, 2.05) is 11.3 Å². The van der Waals surface area contributed by atoms with Crippen molar-refractivity contribution in [1.82, 2.24) is 0 Å². The van der Waals surface area contributed by atoms with E-state index >= 15 is 0 Å².